The Labute approximate surface area is 144 Å². The van der Waals surface area contributed by atoms with Crippen LogP contribution < -0.4 is 15.2 Å². The van der Waals surface area contributed by atoms with Crippen LogP contribution in [0.5, 0.6) is 11.5 Å². The Hall–Kier alpha value is -2.81. The van der Waals surface area contributed by atoms with Crippen LogP contribution in [0.2, 0.25) is 0 Å². The van der Waals surface area contributed by atoms with Crippen molar-refractivity contribution in [2.45, 2.75) is 25.7 Å². The molecule has 0 unspecified atom stereocenters. The third-order valence-electron chi connectivity index (χ3n) is 3.19. The van der Waals surface area contributed by atoms with Gasteiger partial charge in [-0.2, -0.15) is 18.4 Å². The molecule has 2 N–H and O–H groups in total. The van der Waals surface area contributed by atoms with Crippen molar-refractivity contribution in [3.63, 3.8) is 0 Å². The summed E-state index contributed by atoms with van der Waals surface area (Å²) < 4.78 is 34.6. The first kappa shape index (κ1) is 18.5. The van der Waals surface area contributed by atoms with Crippen molar-refractivity contribution < 1.29 is 22.7 Å². The number of nitrogens with one attached hydrogen (secondary N) is 1. The Kier molecular flexibility index (Phi) is 5.48. The monoisotopic (exact) mass is 366 g/mol. The average Bonchev–Trinajstić information content (AvgIpc) is 2.53. The maximum Gasteiger partial charge on any atom is 0.348 e. The van der Waals surface area contributed by atoms with Gasteiger partial charge >= 0.3 is 5.63 Å². The van der Waals surface area contributed by atoms with E-state index in [0.29, 0.717) is 12.4 Å². The molecule has 0 aliphatic carbocycles. The molecular formula is C16H18N2O6S. The summed E-state index contributed by atoms with van der Waals surface area (Å²) in [6, 6.07) is 7.03. The van der Waals surface area contributed by atoms with Gasteiger partial charge in [0.15, 0.2) is 0 Å². The summed E-state index contributed by atoms with van der Waals surface area (Å²) in [5, 5.41) is 13.5. The first-order chi connectivity index (χ1) is 11.7. The number of ether oxygens (including phenoxy) is 1. The Morgan fingerprint density at radius 3 is 2.52 bits per heavy atom. The summed E-state index contributed by atoms with van der Waals surface area (Å²) in [6.45, 7) is 5.17. The van der Waals surface area contributed by atoms with Crippen LogP contribution in [0.3, 0.4) is 0 Å². The minimum Gasteiger partial charge on any atom is -0.507 e. The molecule has 2 rings (SSSR count). The normalized spacial score (nSPS) is 12.0. The lowest BCUT2D eigenvalue weighted by Gasteiger charge is -2.07. The highest BCUT2D eigenvalue weighted by molar-refractivity contribution is 7.89. The molecule has 0 atom stereocenters. The average molecular weight is 366 g/mol. The molecule has 9 heteroatoms. The molecule has 0 amide bonds. The lowest BCUT2D eigenvalue weighted by atomic mass is 10.2. The van der Waals surface area contributed by atoms with Crippen LogP contribution in [0, 0.1) is 6.92 Å². The van der Waals surface area contributed by atoms with Gasteiger partial charge in [0.2, 0.25) is 0 Å². The van der Waals surface area contributed by atoms with E-state index < -0.39 is 15.6 Å². The van der Waals surface area contributed by atoms with E-state index >= 15 is 0 Å². The number of hydrogen-bond donors (Lipinski definition) is 2. The molecule has 0 bridgehead atoms. The molecule has 8 nitrogen and oxygen atoms in total. The number of nitrogens with zero attached hydrogens (tertiary/aromatic N) is 1. The van der Waals surface area contributed by atoms with E-state index in [1.807, 2.05) is 11.8 Å². The van der Waals surface area contributed by atoms with Gasteiger partial charge in [-0.05, 0) is 45.0 Å². The second kappa shape index (κ2) is 7.39. The number of aryl methyl sites for hydroxylation is 1. The summed E-state index contributed by atoms with van der Waals surface area (Å²) in [4.78, 5) is 13.8. The van der Waals surface area contributed by atoms with Crippen LogP contribution in [0.4, 0.5) is 0 Å². The highest BCUT2D eigenvalue weighted by Gasteiger charge is 2.16. The van der Waals surface area contributed by atoms with Gasteiger partial charge in [-0.1, -0.05) is 0 Å². The topological polar surface area (TPSA) is 118 Å². The molecule has 0 saturated heterocycles. The molecule has 0 spiro atoms. The summed E-state index contributed by atoms with van der Waals surface area (Å²) in [5.74, 6) is 0.438. The zero-order chi connectivity index (χ0) is 18.6. The molecule has 0 fully saturated rings. The van der Waals surface area contributed by atoms with Crippen LogP contribution in [-0.4, -0.2) is 25.8 Å². The van der Waals surface area contributed by atoms with Crippen molar-refractivity contribution in [1.82, 2.24) is 4.83 Å². The van der Waals surface area contributed by atoms with E-state index in [1.54, 1.807) is 0 Å². The fraction of sp³-hybridized carbons (Fsp3) is 0.250. The van der Waals surface area contributed by atoms with Crippen LogP contribution in [-0.2, 0) is 10.0 Å². The molecule has 0 aliphatic heterocycles. The van der Waals surface area contributed by atoms with Gasteiger partial charge in [0, 0.05) is 6.07 Å². The van der Waals surface area contributed by atoms with Crippen molar-refractivity contribution in [3.05, 3.63) is 52.1 Å². The highest BCUT2D eigenvalue weighted by Crippen LogP contribution is 2.17. The Balaban J connectivity index is 2.26. The van der Waals surface area contributed by atoms with Crippen molar-refractivity contribution in [3.8, 4) is 11.5 Å². The van der Waals surface area contributed by atoms with Crippen molar-refractivity contribution >= 4 is 15.7 Å². The van der Waals surface area contributed by atoms with E-state index in [9.17, 15) is 18.3 Å². The van der Waals surface area contributed by atoms with E-state index in [4.69, 9.17) is 9.15 Å². The zero-order valence-electron chi connectivity index (χ0n) is 13.9. The molecule has 0 radical (unpaired) electrons. The minimum atomic E-state index is -3.94. The van der Waals surface area contributed by atoms with Gasteiger partial charge in [-0.25, -0.2) is 4.79 Å². The fourth-order valence-electron chi connectivity index (χ4n) is 2.05. The number of aromatic hydroxyl groups is 1. The van der Waals surface area contributed by atoms with Crippen LogP contribution in [0.15, 0.2) is 49.5 Å². The summed E-state index contributed by atoms with van der Waals surface area (Å²) in [6.07, 6.45) is 0. The number of benzene rings is 1. The van der Waals surface area contributed by atoms with E-state index in [-0.39, 0.29) is 27.7 Å². The van der Waals surface area contributed by atoms with Gasteiger partial charge in [-0.15, -0.1) is 0 Å². The minimum absolute atomic E-state index is 0.0207. The van der Waals surface area contributed by atoms with Gasteiger partial charge in [-0.3, -0.25) is 0 Å². The van der Waals surface area contributed by atoms with Gasteiger partial charge < -0.3 is 14.3 Å². The smallest absolute Gasteiger partial charge is 0.348 e. The zero-order valence-corrected chi connectivity index (χ0v) is 14.8. The standard InChI is InChI=1S/C16H18N2O6S/c1-4-23-12-5-7-13(8-6-12)25(21,22)18-17-11(3)15-14(19)9-10(2)24-16(15)20/h5-9,18-19H,4H2,1-3H3/b17-11-. The van der Waals surface area contributed by atoms with E-state index in [1.165, 1.54) is 44.2 Å². The molecule has 1 aromatic heterocycles. The van der Waals surface area contributed by atoms with E-state index in [0.717, 1.165) is 0 Å². The molecular weight excluding hydrogens is 348 g/mol. The lowest BCUT2D eigenvalue weighted by molar-refractivity contribution is 0.340. The van der Waals surface area contributed by atoms with Crippen molar-refractivity contribution in [2.24, 2.45) is 5.10 Å². The number of hydrazone groups is 1. The Morgan fingerprint density at radius 2 is 1.96 bits per heavy atom. The highest BCUT2D eigenvalue weighted by atomic mass is 32.2. The second-order valence-electron chi connectivity index (χ2n) is 5.10. The van der Waals surface area contributed by atoms with Crippen LogP contribution in [0.1, 0.15) is 25.2 Å². The molecule has 2 aromatic rings. The third-order valence-corrected chi connectivity index (χ3v) is 4.42. The number of rotatable bonds is 6. The molecule has 1 aromatic carbocycles. The molecule has 0 saturated carbocycles. The summed E-state index contributed by atoms with van der Waals surface area (Å²) >= 11 is 0. The first-order valence-electron chi connectivity index (χ1n) is 7.37. The number of hydrogen-bond acceptors (Lipinski definition) is 7. The van der Waals surface area contributed by atoms with Gasteiger partial charge in [0.05, 0.1) is 17.2 Å². The second-order valence-corrected chi connectivity index (χ2v) is 6.76. The van der Waals surface area contributed by atoms with Crippen molar-refractivity contribution in [1.29, 1.82) is 0 Å². The molecule has 25 heavy (non-hydrogen) atoms. The maximum atomic E-state index is 12.2. The van der Waals surface area contributed by atoms with Crippen LogP contribution >= 0.6 is 0 Å². The molecule has 134 valence electrons. The quantitative estimate of drug-likeness (QED) is 0.594. The van der Waals surface area contributed by atoms with Gasteiger partial charge in [0.25, 0.3) is 10.0 Å². The fourth-order valence-corrected chi connectivity index (χ4v) is 2.90. The lowest BCUT2D eigenvalue weighted by Crippen LogP contribution is -2.22. The van der Waals surface area contributed by atoms with Gasteiger partial charge in [0.1, 0.15) is 22.8 Å². The van der Waals surface area contributed by atoms with Crippen molar-refractivity contribution in [2.75, 3.05) is 6.61 Å². The third kappa shape index (κ3) is 4.38. The Bertz CT molecular complexity index is 946. The molecule has 1 heterocycles. The summed E-state index contributed by atoms with van der Waals surface area (Å²) in [7, 11) is -3.94. The van der Waals surface area contributed by atoms with E-state index in [2.05, 4.69) is 5.10 Å². The predicted molar refractivity (Wildman–Crippen MR) is 91.5 cm³/mol. The largest absolute Gasteiger partial charge is 0.507 e. The number of sulfonamides is 1. The summed E-state index contributed by atoms with van der Waals surface area (Å²) in [5.41, 5.74) is -1.04. The maximum absolute atomic E-state index is 12.2. The SMILES string of the molecule is CCOc1ccc(S(=O)(=O)N/N=C(/C)c2c(O)cc(C)oc2=O)cc1. The molecule has 0 aliphatic rings. The first-order valence-corrected chi connectivity index (χ1v) is 8.86. The predicted octanol–water partition coefficient (Wildman–Crippen LogP) is 1.76. The van der Waals surface area contributed by atoms with Crippen LogP contribution in [0.25, 0.3) is 0 Å². The Morgan fingerprint density at radius 1 is 1.32 bits per heavy atom.